The Kier molecular flexibility index (Phi) is 19.2. The van der Waals surface area contributed by atoms with E-state index in [1.54, 1.807) is 6.07 Å². The fourth-order valence-electron chi connectivity index (χ4n) is 6.64. The molecule has 47 heavy (non-hydrogen) atoms. The summed E-state index contributed by atoms with van der Waals surface area (Å²) in [6.45, 7) is 13.7. The Morgan fingerprint density at radius 1 is 0.660 bits per heavy atom. The Hall–Kier alpha value is -1.97. The number of piperidine rings is 2. The van der Waals surface area contributed by atoms with E-state index in [4.69, 9.17) is 15.2 Å². The monoisotopic (exact) mass is 765 g/mol. The molecule has 0 spiro atoms. The first-order valence-electron chi connectivity index (χ1n) is 16.8. The zero-order valence-corrected chi connectivity index (χ0v) is 30.6. The van der Waals surface area contributed by atoms with E-state index in [1.165, 1.54) is 42.5 Å². The van der Waals surface area contributed by atoms with E-state index in [-0.39, 0.29) is 50.9 Å². The summed E-state index contributed by atoms with van der Waals surface area (Å²) in [4.78, 5) is 20.6. The van der Waals surface area contributed by atoms with Crippen LogP contribution >= 0.6 is 12.4 Å². The molecule has 0 amide bonds. The normalized spacial score (nSPS) is 18.9. The van der Waals surface area contributed by atoms with Crippen molar-refractivity contribution in [3.8, 4) is 0 Å². The third-order valence-corrected chi connectivity index (χ3v) is 9.37. The summed E-state index contributed by atoms with van der Waals surface area (Å²) >= 11 is 0. The average Bonchev–Trinajstić information content (AvgIpc) is 3.09. The molecule has 4 aliphatic rings. The minimum atomic E-state index is -0.254. The predicted molar refractivity (Wildman–Crippen MR) is 192 cm³/mol. The van der Waals surface area contributed by atoms with Crippen molar-refractivity contribution in [3.63, 3.8) is 0 Å². The van der Waals surface area contributed by atoms with Crippen molar-refractivity contribution < 1.29 is 34.8 Å². The van der Waals surface area contributed by atoms with Gasteiger partial charge in [-0.15, -0.1) is 12.4 Å². The van der Waals surface area contributed by atoms with E-state index in [9.17, 15) is 10.1 Å². The van der Waals surface area contributed by atoms with Crippen molar-refractivity contribution in [3.05, 3.63) is 65.1 Å². The molecule has 4 saturated heterocycles. The molecular formula is C35H56ClN6O4Pd-. The largest absolute Gasteiger partial charge is 0.397 e. The van der Waals surface area contributed by atoms with E-state index in [1.807, 2.05) is 12.1 Å². The molecule has 2 aromatic rings. The zero-order chi connectivity index (χ0) is 30.6. The van der Waals surface area contributed by atoms with Crippen LogP contribution in [0.15, 0.2) is 36.4 Å². The summed E-state index contributed by atoms with van der Waals surface area (Å²) in [5.74, 6) is 0. The van der Waals surface area contributed by atoms with Gasteiger partial charge >= 0.3 is 0 Å². The number of nitrogen functional groups attached to an aromatic ring is 1. The smallest absolute Gasteiger partial charge is 0.292 e. The molecule has 12 heteroatoms. The first-order valence-corrected chi connectivity index (χ1v) is 16.8. The van der Waals surface area contributed by atoms with Gasteiger partial charge in [-0.05, 0) is 80.7 Å². The third kappa shape index (κ3) is 12.8. The van der Waals surface area contributed by atoms with Gasteiger partial charge in [0, 0.05) is 91.9 Å². The van der Waals surface area contributed by atoms with E-state index in [0.717, 1.165) is 129 Å². The van der Waals surface area contributed by atoms with Crippen molar-refractivity contribution in [2.75, 3.05) is 107 Å². The fraction of sp³-hybridized carbons (Fsp3) is 0.629. The number of anilines is 3. The van der Waals surface area contributed by atoms with Gasteiger partial charge in [0.1, 0.15) is 5.69 Å². The molecule has 4 heterocycles. The second-order valence-electron chi connectivity index (χ2n) is 12.5. The first-order chi connectivity index (χ1) is 21.6. The van der Waals surface area contributed by atoms with Crippen LogP contribution in [0, 0.1) is 17.5 Å². The average molecular weight is 767 g/mol. The summed E-state index contributed by atoms with van der Waals surface area (Å²) in [7, 11) is 0. The van der Waals surface area contributed by atoms with Gasteiger partial charge in [0.2, 0.25) is 0 Å². The number of hydrogen-bond donors (Lipinski definition) is 1. The summed E-state index contributed by atoms with van der Waals surface area (Å²) < 4.78 is 10.8. The summed E-state index contributed by atoms with van der Waals surface area (Å²) in [6, 6.07) is 12.2. The Morgan fingerprint density at radius 2 is 1.09 bits per heavy atom. The Labute approximate surface area is 302 Å². The number of morpholine rings is 2. The van der Waals surface area contributed by atoms with Gasteiger partial charge in [-0.1, -0.05) is 12.1 Å². The van der Waals surface area contributed by atoms with Crippen LogP contribution in [0.2, 0.25) is 0 Å². The molecule has 0 bridgehead atoms. The van der Waals surface area contributed by atoms with Gasteiger partial charge in [0.25, 0.3) is 5.69 Å². The van der Waals surface area contributed by atoms with Crippen molar-refractivity contribution in [2.24, 2.45) is 0 Å². The number of hydrogen-bond acceptors (Lipinski definition) is 9. The number of halogens is 1. The summed E-state index contributed by atoms with van der Waals surface area (Å²) in [5.41, 5.74) is 12.0. The number of ether oxygens (including phenoxy) is 2. The second-order valence-corrected chi connectivity index (χ2v) is 12.5. The molecular weight excluding hydrogens is 710 g/mol. The summed E-state index contributed by atoms with van der Waals surface area (Å²) in [5, 5.41) is 11.3. The molecule has 4 aliphatic heterocycles. The number of nitrogens with zero attached hydrogens (tertiary/aromatic N) is 5. The topological polar surface area (TPSA) is 101 Å². The second kappa shape index (κ2) is 21.9. The molecule has 2 aromatic carbocycles. The number of rotatable bonds is 9. The van der Waals surface area contributed by atoms with E-state index >= 15 is 0 Å². The minimum Gasteiger partial charge on any atom is -0.397 e. The van der Waals surface area contributed by atoms with Crippen LogP contribution in [0.4, 0.5) is 22.7 Å². The molecule has 10 nitrogen and oxygen atoms in total. The van der Waals surface area contributed by atoms with Crippen LogP contribution in [-0.4, -0.2) is 107 Å². The molecule has 6 rings (SSSR count). The molecule has 0 atom stereocenters. The zero-order valence-electron chi connectivity index (χ0n) is 28.2. The quantitative estimate of drug-likeness (QED) is 0.117. The number of nitrogens with two attached hydrogens (primary N) is 1. The maximum Gasteiger partial charge on any atom is 0.292 e. The van der Waals surface area contributed by atoms with Crippen molar-refractivity contribution in [1.29, 1.82) is 0 Å². The molecule has 0 radical (unpaired) electrons. The maximum atomic E-state index is 11.3. The Balaban J connectivity index is 0.000000308. The van der Waals surface area contributed by atoms with Gasteiger partial charge < -0.3 is 32.4 Å². The Morgan fingerprint density at radius 3 is 1.55 bits per heavy atom. The van der Waals surface area contributed by atoms with E-state index in [0.29, 0.717) is 0 Å². The number of nitro groups is 1. The standard InChI is InChI=1S/C17H25N3O3.C17H27N3O.CH3.ClH.Pd/c21-20(22)16-5-4-15(6-9-18-10-12-23-13-11-18)14-17(16)19-7-2-1-3-8-19;18-16-5-4-15(6-9-19-10-12-21-13-11-19)14-17(16)20-7-2-1-3-8-20;;;/h4-5,14H,1-3,6-13H2;4-5,14H,1-3,6-13,18H2;1H3;1H;/q;;-1;;. The number of benzene rings is 2. The minimum absolute atomic E-state index is 0. The fourth-order valence-corrected chi connectivity index (χ4v) is 6.64. The van der Waals surface area contributed by atoms with Crippen molar-refractivity contribution in [1.82, 2.24) is 9.80 Å². The van der Waals surface area contributed by atoms with Crippen LogP contribution < -0.4 is 15.5 Å². The maximum absolute atomic E-state index is 11.3. The van der Waals surface area contributed by atoms with E-state index < -0.39 is 0 Å². The van der Waals surface area contributed by atoms with Crippen LogP contribution in [0.5, 0.6) is 0 Å². The van der Waals surface area contributed by atoms with Crippen LogP contribution in [0.1, 0.15) is 49.7 Å². The molecule has 0 aliphatic carbocycles. The van der Waals surface area contributed by atoms with Gasteiger partial charge in [0.05, 0.1) is 42.7 Å². The van der Waals surface area contributed by atoms with Gasteiger partial charge in [-0.3, -0.25) is 19.9 Å². The SMILES string of the molecule is Cl.Nc1ccc(CCN2CCOCC2)cc1N1CCCCC1.O=[N+]([O-])c1ccc(CCN2CCOCC2)cc1N1CCCCC1.[CH3-].[Pd]. The van der Waals surface area contributed by atoms with Crippen LogP contribution in [0.25, 0.3) is 0 Å². The molecule has 4 fully saturated rings. The van der Waals surface area contributed by atoms with Gasteiger partial charge in [-0.25, -0.2) is 0 Å². The molecule has 2 N–H and O–H groups in total. The van der Waals surface area contributed by atoms with Gasteiger partial charge in [0.15, 0.2) is 0 Å². The molecule has 0 unspecified atom stereocenters. The molecule has 0 saturated carbocycles. The van der Waals surface area contributed by atoms with Gasteiger partial charge in [-0.2, -0.15) is 0 Å². The first kappa shape index (κ1) is 41.2. The third-order valence-electron chi connectivity index (χ3n) is 9.37. The predicted octanol–water partition coefficient (Wildman–Crippen LogP) is 5.46. The van der Waals surface area contributed by atoms with Crippen LogP contribution in [-0.2, 0) is 42.7 Å². The molecule has 0 aromatic heterocycles. The van der Waals surface area contributed by atoms with Crippen molar-refractivity contribution in [2.45, 2.75) is 51.4 Å². The van der Waals surface area contributed by atoms with E-state index in [2.05, 4.69) is 37.8 Å². The van der Waals surface area contributed by atoms with Crippen molar-refractivity contribution >= 4 is 35.2 Å². The molecule has 268 valence electrons. The Bertz CT molecular complexity index is 1190. The van der Waals surface area contributed by atoms with Crippen LogP contribution in [0.3, 0.4) is 0 Å². The number of nitro benzene ring substituents is 1. The summed E-state index contributed by atoms with van der Waals surface area (Å²) in [6.07, 6.45) is 9.42.